The lowest BCUT2D eigenvalue weighted by Gasteiger charge is -2.23. The molecule has 246 valence electrons. The first-order valence-corrected chi connectivity index (χ1v) is 18.5. The van der Waals surface area contributed by atoms with Crippen molar-refractivity contribution < 1.29 is 25.9 Å². The van der Waals surface area contributed by atoms with Crippen molar-refractivity contribution in [2.75, 3.05) is 0 Å². The van der Waals surface area contributed by atoms with Crippen LogP contribution in [0.15, 0.2) is 119 Å². The molecule has 8 heteroatoms. The van der Waals surface area contributed by atoms with E-state index in [0.717, 1.165) is 11.1 Å². The van der Waals surface area contributed by atoms with Crippen molar-refractivity contribution in [3.05, 3.63) is 120 Å². The van der Waals surface area contributed by atoms with Gasteiger partial charge in [0, 0.05) is 22.3 Å². The van der Waals surface area contributed by atoms with Crippen molar-refractivity contribution in [1.82, 2.24) is 0 Å². The first kappa shape index (κ1) is 33.6. The van der Waals surface area contributed by atoms with E-state index >= 15 is 0 Å². The molecule has 0 atom stereocenters. The van der Waals surface area contributed by atoms with Crippen LogP contribution in [0, 0.1) is 0 Å². The molecule has 6 aromatic rings. The summed E-state index contributed by atoms with van der Waals surface area (Å²) in [5.74, 6) is 0. The highest BCUT2D eigenvalue weighted by Gasteiger charge is 2.32. The van der Waals surface area contributed by atoms with Crippen molar-refractivity contribution in [2.24, 2.45) is 0 Å². The lowest BCUT2D eigenvalue weighted by Crippen LogP contribution is -2.11. The van der Waals surface area contributed by atoms with Crippen LogP contribution in [0.25, 0.3) is 54.9 Å². The minimum absolute atomic E-state index is 0.0116. The fourth-order valence-corrected chi connectivity index (χ4v) is 8.27. The van der Waals surface area contributed by atoms with Crippen LogP contribution in [0.2, 0.25) is 0 Å². The SMILES string of the molecule is CC(C)(C)c1ccc(-c2cc3ccccc3c(-c3c(S(=O)(=O)O)c(-c4ccc(C(C)(C)C)cc4)cc4ccccc34)c2S(=O)(=O)O)cc1. The van der Waals surface area contributed by atoms with E-state index in [-0.39, 0.29) is 33.1 Å². The van der Waals surface area contributed by atoms with Crippen LogP contribution < -0.4 is 0 Å². The molecule has 2 N–H and O–H groups in total. The van der Waals surface area contributed by atoms with Crippen LogP contribution in [-0.2, 0) is 31.1 Å². The summed E-state index contributed by atoms with van der Waals surface area (Å²) >= 11 is 0. The van der Waals surface area contributed by atoms with Crippen LogP contribution in [0.1, 0.15) is 52.7 Å². The van der Waals surface area contributed by atoms with Gasteiger partial charge in [-0.2, -0.15) is 16.8 Å². The first-order chi connectivity index (χ1) is 22.4. The molecule has 0 heterocycles. The molecule has 6 aromatic carbocycles. The molecule has 6 rings (SSSR count). The molecule has 0 saturated carbocycles. The molecule has 0 saturated heterocycles. The summed E-state index contributed by atoms with van der Waals surface area (Å²) in [4.78, 5) is -0.889. The van der Waals surface area contributed by atoms with E-state index in [9.17, 15) is 25.9 Å². The number of benzene rings is 6. The minimum Gasteiger partial charge on any atom is -0.282 e. The van der Waals surface area contributed by atoms with Crippen molar-refractivity contribution >= 4 is 41.8 Å². The van der Waals surface area contributed by atoms with E-state index in [0.29, 0.717) is 32.7 Å². The quantitative estimate of drug-likeness (QED) is 0.176. The molecule has 48 heavy (non-hydrogen) atoms. The Morgan fingerprint density at radius 3 is 1.06 bits per heavy atom. The summed E-state index contributed by atoms with van der Waals surface area (Å²) in [5.41, 5.74) is 3.18. The molecule has 0 aromatic heterocycles. The molecule has 0 radical (unpaired) electrons. The van der Waals surface area contributed by atoms with Crippen molar-refractivity contribution in [1.29, 1.82) is 0 Å². The molecule has 0 aliphatic rings. The van der Waals surface area contributed by atoms with Crippen molar-refractivity contribution in [3.8, 4) is 33.4 Å². The van der Waals surface area contributed by atoms with Gasteiger partial charge in [-0.05, 0) is 66.8 Å². The molecule has 0 aliphatic carbocycles. The van der Waals surface area contributed by atoms with Gasteiger partial charge in [0.1, 0.15) is 9.79 Å². The van der Waals surface area contributed by atoms with Gasteiger partial charge >= 0.3 is 0 Å². The maximum atomic E-state index is 13.6. The average molecular weight is 679 g/mol. The fraction of sp³-hybridized carbons (Fsp3) is 0.200. The van der Waals surface area contributed by atoms with Crippen LogP contribution in [-0.4, -0.2) is 25.9 Å². The van der Waals surface area contributed by atoms with Gasteiger partial charge in [0.15, 0.2) is 0 Å². The Hall–Kier alpha value is -4.34. The zero-order chi connectivity index (χ0) is 34.8. The summed E-state index contributed by atoms with van der Waals surface area (Å²) in [6.45, 7) is 12.4. The topological polar surface area (TPSA) is 109 Å². The fourth-order valence-electron chi connectivity index (χ4n) is 6.42. The monoisotopic (exact) mass is 678 g/mol. The normalized spacial score (nSPS) is 12.9. The summed E-state index contributed by atoms with van der Waals surface area (Å²) in [6.07, 6.45) is 0. The van der Waals surface area contributed by atoms with E-state index in [1.807, 2.05) is 36.4 Å². The lowest BCUT2D eigenvalue weighted by atomic mass is 9.84. The second-order valence-electron chi connectivity index (χ2n) is 14.3. The largest absolute Gasteiger partial charge is 0.295 e. The molecule has 6 nitrogen and oxygen atoms in total. The Bertz CT molecular complexity index is 2260. The van der Waals surface area contributed by atoms with Crippen molar-refractivity contribution in [2.45, 2.75) is 62.2 Å². The van der Waals surface area contributed by atoms with E-state index in [1.165, 1.54) is 0 Å². The average Bonchev–Trinajstić information content (AvgIpc) is 3.01. The molecular formula is C40H38O6S2. The summed E-state index contributed by atoms with van der Waals surface area (Å²) in [6, 6.07) is 32.3. The lowest BCUT2D eigenvalue weighted by molar-refractivity contribution is 0.480. The van der Waals surface area contributed by atoms with E-state index in [4.69, 9.17) is 0 Å². The Morgan fingerprint density at radius 2 is 0.771 bits per heavy atom. The first-order valence-electron chi connectivity index (χ1n) is 15.6. The molecule has 0 fully saturated rings. The van der Waals surface area contributed by atoms with Crippen LogP contribution >= 0.6 is 0 Å². The third kappa shape index (κ3) is 6.17. The van der Waals surface area contributed by atoms with Gasteiger partial charge in [-0.15, -0.1) is 0 Å². The number of hydrogen-bond acceptors (Lipinski definition) is 4. The maximum Gasteiger partial charge on any atom is 0.295 e. The Balaban J connectivity index is 1.83. The van der Waals surface area contributed by atoms with Gasteiger partial charge in [-0.25, -0.2) is 0 Å². The molecular weight excluding hydrogens is 641 g/mol. The molecule has 0 amide bonds. The van der Waals surface area contributed by atoms with Crippen LogP contribution in [0.4, 0.5) is 0 Å². The highest BCUT2D eigenvalue weighted by molar-refractivity contribution is 7.86. The van der Waals surface area contributed by atoms with E-state index < -0.39 is 30.0 Å². The highest BCUT2D eigenvalue weighted by atomic mass is 32.2. The number of rotatable bonds is 5. The Morgan fingerprint density at radius 1 is 0.458 bits per heavy atom. The number of fused-ring (bicyclic) bond motifs is 2. The Labute approximate surface area is 282 Å². The van der Waals surface area contributed by atoms with Crippen LogP contribution in [0.3, 0.4) is 0 Å². The minimum atomic E-state index is -5.00. The second-order valence-corrected chi connectivity index (χ2v) is 17.0. The van der Waals surface area contributed by atoms with Gasteiger partial charge < -0.3 is 0 Å². The molecule has 0 spiro atoms. The second kappa shape index (κ2) is 11.7. The molecule has 0 unspecified atom stereocenters. The standard InChI is InChI=1S/C40H38O6S2/c1-39(2,3)29-19-15-25(16-20-29)33-23-27-11-7-9-13-31(27)35(37(33)47(41,42)43)36-32-14-10-8-12-28(32)24-34(38(36)48(44,45)46)26-17-21-30(22-18-26)40(4,5)6/h7-24H,1-6H3,(H,41,42,43)(H,44,45,46). The Kier molecular flexibility index (Phi) is 8.16. The molecule has 0 aliphatic heterocycles. The zero-order valence-corrected chi connectivity index (χ0v) is 29.4. The van der Waals surface area contributed by atoms with Gasteiger partial charge in [0.05, 0.1) is 0 Å². The van der Waals surface area contributed by atoms with E-state index in [2.05, 4.69) is 41.5 Å². The van der Waals surface area contributed by atoms with Gasteiger partial charge in [0.25, 0.3) is 20.2 Å². The van der Waals surface area contributed by atoms with Crippen molar-refractivity contribution in [3.63, 3.8) is 0 Å². The maximum absolute atomic E-state index is 13.6. The smallest absolute Gasteiger partial charge is 0.282 e. The zero-order valence-electron chi connectivity index (χ0n) is 27.7. The van der Waals surface area contributed by atoms with Crippen LogP contribution in [0.5, 0.6) is 0 Å². The van der Waals surface area contributed by atoms with Gasteiger partial charge in [-0.3, -0.25) is 9.11 Å². The third-order valence-electron chi connectivity index (χ3n) is 8.89. The molecule has 0 bridgehead atoms. The summed E-state index contributed by atoms with van der Waals surface area (Å²) in [7, 11) is -9.99. The summed E-state index contributed by atoms with van der Waals surface area (Å²) in [5, 5.41) is 2.05. The van der Waals surface area contributed by atoms with E-state index in [1.54, 1.807) is 72.8 Å². The third-order valence-corrected chi connectivity index (χ3v) is 10.8. The summed E-state index contributed by atoms with van der Waals surface area (Å²) < 4.78 is 76.5. The van der Waals surface area contributed by atoms with Gasteiger partial charge in [0.2, 0.25) is 0 Å². The highest BCUT2D eigenvalue weighted by Crippen LogP contribution is 2.49. The number of hydrogen-bond donors (Lipinski definition) is 2. The predicted molar refractivity (Wildman–Crippen MR) is 195 cm³/mol. The van der Waals surface area contributed by atoms with Gasteiger partial charge in [-0.1, -0.05) is 139 Å². The predicted octanol–water partition coefficient (Wildman–Crippen LogP) is 10.1.